The van der Waals surface area contributed by atoms with Crippen molar-refractivity contribution < 1.29 is 4.79 Å². The third-order valence-electron chi connectivity index (χ3n) is 6.83. The van der Waals surface area contributed by atoms with Gasteiger partial charge in [0.1, 0.15) is 5.82 Å². The van der Waals surface area contributed by atoms with E-state index in [1.54, 1.807) is 0 Å². The average molecular weight is 436 g/mol. The molecule has 2 aliphatic heterocycles. The van der Waals surface area contributed by atoms with Gasteiger partial charge in [0.15, 0.2) is 0 Å². The van der Waals surface area contributed by atoms with Gasteiger partial charge in [0.2, 0.25) is 0 Å². The molecule has 0 spiro atoms. The van der Waals surface area contributed by atoms with Crippen LogP contribution in [0.15, 0.2) is 29.5 Å². The number of anilines is 1. The Morgan fingerprint density at radius 3 is 2.75 bits per heavy atom. The van der Waals surface area contributed by atoms with Crippen molar-refractivity contribution in [3.05, 3.63) is 30.0 Å². The van der Waals surface area contributed by atoms with E-state index in [0.29, 0.717) is 5.82 Å². The second-order valence-corrected chi connectivity index (χ2v) is 9.27. The summed E-state index contributed by atoms with van der Waals surface area (Å²) in [5, 5.41) is 12.7. The van der Waals surface area contributed by atoms with E-state index in [-0.39, 0.29) is 18.0 Å². The molecule has 2 fully saturated rings. The third kappa shape index (κ3) is 5.18. The van der Waals surface area contributed by atoms with Crippen LogP contribution >= 0.6 is 0 Å². The molecule has 0 radical (unpaired) electrons. The van der Waals surface area contributed by atoms with Gasteiger partial charge in [-0.2, -0.15) is 5.10 Å². The largest absolute Gasteiger partial charge is 0.335 e. The smallest absolute Gasteiger partial charge is 0.320 e. The van der Waals surface area contributed by atoms with Gasteiger partial charge in [0.05, 0.1) is 11.0 Å². The molecule has 2 N–H and O–H groups in total. The number of carbonyl (C=O) groups is 1. The normalized spacial score (nSPS) is 21.6. The summed E-state index contributed by atoms with van der Waals surface area (Å²) in [4.78, 5) is 24.1. The van der Waals surface area contributed by atoms with Gasteiger partial charge in [0.25, 0.3) is 0 Å². The maximum Gasteiger partial charge on any atom is 0.320 e. The number of aromatic nitrogens is 2. The first-order chi connectivity index (χ1) is 15.7. The van der Waals surface area contributed by atoms with E-state index < -0.39 is 0 Å². The SMILES string of the molecule is O=C(Nc1ccc2ncc(C3C=NN(CCCN4CCCC4)C3)cc2n1)NC1CCCC1. The van der Waals surface area contributed by atoms with Crippen LogP contribution in [0.2, 0.25) is 0 Å². The van der Waals surface area contributed by atoms with Gasteiger partial charge < -0.3 is 10.2 Å². The van der Waals surface area contributed by atoms with Crippen molar-refractivity contribution in [2.45, 2.75) is 56.9 Å². The average Bonchev–Trinajstić information content (AvgIpc) is 3.57. The quantitative estimate of drug-likeness (QED) is 0.695. The van der Waals surface area contributed by atoms with Crippen molar-refractivity contribution in [1.29, 1.82) is 0 Å². The molecule has 3 aliphatic rings. The van der Waals surface area contributed by atoms with Gasteiger partial charge >= 0.3 is 6.03 Å². The van der Waals surface area contributed by atoms with Crippen LogP contribution < -0.4 is 10.6 Å². The number of pyridine rings is 2. The van der Waals surface area contributed by atoms with Gasteiger partial charge in [-0.05, 0) is 75.5 Å². The Morgan fingerprint density at radius 1 is 1.06 bits per heavy atom. The number of carbonyl (C=O) groups excluding carboxylic acids is 1. The number of hydrazone groups is 1. The zero-order valence-electron chi connectivity index (χ0n) is 18.7. The van der Waals surface area contributed by atoms with Crippen LogP contribution in [-0.2, 0) is 0 Å². The fourth-order valence-corrected chi connectivity index (χ4v) is 5.02. The molecule has 1 saturated heterocycles. The molecule has 4 heterocycles. The Morgan fingerprint density at radius 2 is 1.91 bits per heavy atom. The molecular formula is C24H33N7O. The molecule has 1 atom stereocenters. The van der Waals surface area contributed by atoms with Gasteiger partial charge in [0, 0.05) is 37.5 Å². The van der Waals surface area contributed by atoms with Crippen molar-refractivity contribution in [3.8, 4) is 0 Å². The molecule has 170 valence electrons. The number of nitrogens with one attached hydrogen (secondary N) is 2. The summed E-state index contributed by atoms with van der Waals surface area (Å²) >= 11 is 0. The summed E-state index contributed by atoms with van der Waals surface area (Å²) in [5.74, 6) is 0.776. The lowest BCUT2D eigenvalue weighted by atomic mass is 10.0. The van der Waals surface area contributed by atoms with Crippen LogP contribution in [0, 0.1) is 0 Å². The molecule has 8 heteroatoms. The van der Waals surface area contributed by atoms with Crippen molar-refractivity contribution in [1.82, 2.24) is 25.2 Å². The number of fused-ring (bicyclic) bond motifs is 1. The zero-order chi connectivity index (χ0) is 21.8. The molecule has 1 aliphatic carbocycles. The fraction of sp³-hybridized carbons (Fsp3) is 0.583. The summed E-state index contributed by atoms with van der Waals surface area (Å²) in [7, 11) is 0. The zero-order valence-corrected chi connectivity index (χ0v) is 18.7. The number of rotatable bonds is 7. The monoisotopic (exact) mass is 435 g/mol. The molecule has 2 aromatic heterocycles. The Balaban J connectivity index is 1.17. The summed E-state index contributed by atoms with van der Waals surface area (Å²) in [5.41, 5.74) is 2.73. The second-order valence-electron chi connectivity index (χ2n) is 9.27. The highest BCUT2D eigenvalue weighted by Crippen LogP contribution is 2.24. The Labute approximate surface area is 189 Å². The molecule has 32 heavy (non-hydrogen) atoms. The van der Waals surface area contributed by atoms with E-state index in [1.165, 1.54) is 45.3 Å². The molecule has 0 aromatic carbocycles. The first-order valence-electron chi connectivity index (χ1n) is 12.1. The maximum absolute atomic E-state index is 12.3. The molecule has 2 amide bonds. The Hall–Kier alpha value is -2.74. The summed E-state index contributed by atoms with van der Waals surface area (Å²) in [6, 6.07) is 5.89. The van der Waals surface area contributed by atoms with Crippen LogP contribution in [-0.4, -0.2) is 70.9 Å². The van der Waals surface area contributed by atoms with Crippen LogP contribution in [0.25, 0.3) is 11.0 Å². The minimum atomic E-state index is -0.180. The number of amides is 2. The van der Waals surface area contributed by atoms with Gasteiger partial charge in [-0.1, -0.05) is 12.8 Å². The number of hydrogen-bond acceptors (Lipinski definition) is 6. The predicted octanol–water partition coefficient (Wildman–Crippen LogP) is 3.56. The number of urea groups is 1. The maximum atomic E-state index is 12.3. The highest BCUT2D eigenvalue weighted by atomic mass is 16.2. The first kappa shape index (κ1) is 21.1. The number of hydrogen-bond donors (Lipinski definition) is 2. The predicted molar refractivity (Wildman–Crippen MR) is 127 cm³/mol. The lowest BCUT2D eigenvalue weighted by molar-refractivity contribution is 0.248. The number of likely N-dealkylation sites (tertiary alicyclic amines) is 1. The minimum absolute atomic E-state index is 0.180. The van der Waals surface area contributed by atoms with Crippen molar-refractivity contribution in [2.75, 3.05) is 38.0 Å². The second kappa shape index (κ2) is 9.81. The Bertz CT molecular complexity index is 966. The van der Waals surface area contributed by atoms with E-state index in [0.717, 1.165) is 48.9 Å². The molecular weight excluding hydrogens is 402 g/mol. The van der Waals surface area contributed by atoms with Crippen LogP contribution in [0.4, 0.5) is 10.6 Å². The van der Waals surface area contributed by atoms with E-state index >= 15 is 0 Å². The van der Waals surface area contributed by atoms with Crippen LogP contribution in [0.5, 0.6) is 0 Å². The lowest BCUT2D eigenvalue weighted by Gasteiger charge is -2.19. The topological polar surface area (TPSA) is 85.8 Å². The third-order valence-corrected chi connectivity index (χ3v) is 6.83. The van der Waals surface area contributed by atoms with E-state index in [9.17, 15) is 4.79 Å². The Kier molecular flexibility index (Phi) is 6.48. The van der Waals surface area contributed by atoms with Crippen molar-refractivity contribution in [2.24, 2.45) is 5.10 Å². The molecule has 1 unspecified atom stereocenters. The summed E-state index contributed by atoms with van der Waals surface area (Å²) < 4.78 is 0. The molecule has 1 saturated carbocycles. The van der Waals surface area contributed by atoms with E-state index in [4.69, 9.17) is 0 Å². The molecule has 0 bridgehead atoms. The lowest BCUT2D eigenvalue weighted by Crippen LogP contribution is -2.36. The van der Waals surface area contributed by atoms with E-state index in [1.807, 2.05) is 24.5 Å². The van der Waals surface area contributed by atoms with Crippen molar-refractivity contribution >= 4 is 29.1 Å². The summed E-state index contributed by atoms with van der Waals surface area (Å²) in [6.07, 6.45) is 12.3. The molecule has 8 nitrogen and oxygen atoms in total. The van der Waals surface area contributed by atoms with Gasteiger partial charge in [-0.15, -0.1) is 0 Å². The minimum Gasteiger partial charge on any atom is -0.335 e. The fourth-order valence-electron chi connectivity index (χ4n) is 5.02. The molecule has 5 rings (SSSR count). The summed E-state index contributed by atoms with van der Waals surface area (Å²) in [6.45, 7) is 5.55. The first-order valence-corrected chi connectivity index (χ1v) is 12.1. The van der Waals surface area contributed by atoms with Crippen LogP contribution in [0.3, 0.4) is 0 Å². The standard InChI is InChI=1S/C24H33N7O/c32-24(27-20-6-1-2-7-20)29-23-9-8-21-22(28-23)14-18(15-25-21)19-16-26-31(17-19)13-5-12-30-10-3-4-11-30/h8-9,14-16,19-20H,1-7,10-13,17H2,(H2,27,28,29,32). The van der Waals surface area contributed by atoms with Crippen molar-refractivity contribution in [3.63, 3.8) is 0 Å². The molecule has 2 aromatic rings. The van der Waals surface area contributed by atoms with Gasteiger partial charge in [-0.3, -0.25) is 15.3 Å². The highest BCUT2D eigenvalue weighted by molar-refractivity contribution is 5.90. The number of nitrogens with zero attached hydrogens (tertiary/aromatic N) is 5. The van der Waals surface area contributed by atoms with E-state index in [2.05, 4.69) is 41.7 Å². The highest BCUT2D eigenvalue weighted by Gasteiger charge is 2.21. The van der Waals surface area contributed by atoms with Crippen LogP contribution in [0.1, 0.15) is 56.4 Å². The van der Waals surface area contributed by atoms with Gasteiger partial charge in [-0.25, -0.2) is 9.78 Å².